The highest BCUT2D eigenvalue weighted by Crippen LogP contribution is 2.36. The van der Waals surface area contributed by atoms with Gasteiger partial charge in [0.15, 0.2) is 0 Å². The van der Waals surface area contributed by atoms with Gasteiger partial charge in [-0.25, -0.2) is 0 Å². The van der Waals surface area contributed by atoms with Crippen LogP contribution < -0.4 is 5.32 Å². The summed E-state index contributed by atoms with van der Waals surface area (Å²) in [6, 6.07) is 28.0. The minimum Gasteiger partial charge on any atom is -0.508 e. The molecule has 3 heteroatoms. The fraction of sp³-hybridized carbons (Fsp3) is 0.0952. The van der Waals surface area contributed by atoms with Gasteiger partial charge in [0.2, 0.25) is 0 Å². The van der Waals surface area contributed by atoms with Crippen molar-refractivity contribution in [1.82, 2.24) is 5.32 Å². The highest BCUT2D eigenvalue weighted by Gasteiger charge is 2.31. The Morgan fingerprint density at radius 1 is 0.708 bits per heavy atom. The van der Waals surface area contributed by atoms with E-state index in [-0.39, 0.29) is 17.8 Å². The lowest BCUT2D eigenvalue weighted by molar-refractivity contribution is 0.475. The van der Waals surface area contributed by atoms with E-state index in [1.54, 1.807) is 12.1 Å². The first-order valence-electron chi connectivity index (χ1n) is 8.05. The maximum absolute atomic E-state index is 9.50. The van der Waals surface area contributed by atoms with Crippen molar-refractivity contribution in [3.05, 3.63) is 102 Å². The highest BCUT2D eigenvalue weighted by molar-refractivity contribution is 6.00. The Kier molecular flexibility index (Phi) is 3.75. The van der Waals surface area contributed by atoms with Crippen LogP contribution in [0.2, 0.25) is 0 Å². The molecule has 1 aliphatic rings. The van der Waals surface area contributed by atoms with Gasteiger partial charge in [-0.3, -0.25) is 4.99 Å². The number of hydrogen-bond acceptors (Lipinski definition) is 3. The van der Waals surface area contributed by atoms with Crippen LogP contribution >= 0.6 is 0 Å². The lowest BCUT2D eigenvalue weighted by Crippen LogP contribution is -2.25. The molecule has 0 amide bonds. The second-order valence-corrected chi connectivity index (χ2v) is 5.91. The standard InChI is InChI=1S/C21H18N2O/c24-18-13-11-17(12-14-18)21-22-19(15-7-3-1-4-8-15)20(23-21)16-9-5-2-6-10-16/h1-14,19-20,24H,(H,22,23)/t19-,20+. The minimum atomic E-state index is 0.0254. The topological polar surface area (TPSA) is 44.6 Å². The van der Waals surface area contributed by atoms with Gasteiger partial charge in [0.1, 0.15) is 17.6 Å². The van der Waals surface area contributed by atoms with Gasteiger partial charge in [-0.15, -0.1) is 0 Å². The van der Waals surface area contributed by atoms with Crippen LogP contribution in [-0.4, -0.2) is 10.9 Å². The summed E-state index contributed by atoms with van der Waals surface area (Å²) in [4.78, 5) is 4.94. The van der Waals surface area contributed by atoms with Gasteiger partial charge in [0.05, 0.1) is 6.04 Å². The Morgan fingerprint density at radius 2 is 1.29 bits per heavy atom. The lowest BCUT2D eigenvalue weighted by Gasteiger charge is -2.19. The maximum atomic E-state index is 9.50. The molecule has 0 aromatic heterocycles. The molecule has 0 unspecified atom stereocenters. The summed E-state index contributed by atoms with van der Waals surface area (Å²) in [5.74, 6) is 1.12. The number of aromatic hydroxyl groups is 1. The fourth-order valence-electron chi connectivity index (χ4n) is 3.10. The monoisotopic (exact) mass is 314 g/mol. The number of benzene rings is 3. The summed E-state index contributed by atoms with van der Waals surface area (Å²) in [5.41, 5.74) is 3.38. The molecule has 0 aliphatic carbocycles. The van der Waals surface area contributed by atoms with E-state index in [9.17, 15) is 5.11 Å². The van der Waals surface area contributed by atoms with Gasteiger partial charge < -0.3 is 10.4 Å². The third-order valence-corrected chi connectivity index (χ3v) is 4.32. The van der Waals surface area contributed by atoms with Crippen LogP contribution in [-0.2, 0) is 0 Å². The largest absolute Gasteiger partial charge is 0.508 e. The normalized spacial score (nSPS) is 19.6. The molecule has 0 bridgehead atoms. The van der Waals surface area contributed by atoms with Crippen LogP contribution in [0, 0.1) is 0 Å². The fourth-order valence-corrected chi connectivity index (χ4v) is 3.10. The first-order chi connectivity index (χ1) is 11.8. The second kappa shape index (κ2) is 6.20. The van der Waals surface area contributed by atoms with E-state index < -0.39 is 0 Å². The number of hydrogen-bond donors (Lipinski definition) is 2. The Bertz CT molecular complexity index is 842. The summed E-state index contributed by atoms with van der Waals surface area (Å²) < 4.78 is 0. The Balaban J connectivity index is 1.74. The summed E-state index contributed by atoms with van der Waals surface area (Å²) >= 11 is 0. The average Bonchev–Trinajstić information content (AvgIpc) is 3.09. The van der Waals surface area contributed by atoms with E-state index >= 15 is 0 Å². The summed E-state index contributed by atoms with van der Waals surface area (Å²) in [5, 5.41) is 13.1. The lowest BCUT2D eigenvalue weighted by atomic mass is 9.95. The van der Waals surface area contributed by atoms with Crippen molar-refractivity contribution in [3.63, 3.8) is 0 Å². The van der Waals surface area contributed by atoms with E-state index in [4.69, 9.17) is 4.99 Å². The Morgan fingerprint density at radius 3 is 1.92 bits per heavy atom. The summed E-state index contributed by atoms with van der Waals surface area (Å²) in [7, 11) is 0. The molecule has 1 heterocycles. The van der Waals surface area contributed by atoms with Crippen LogP contribution in [0.3, 0.4) is 0 Å². The maximum Gasteiger partial charge on any atom is 0.129 e. The molecule has 1 aliphatic heterocycles. The molecular weight excluding hydrogens is 296 g/mol. The predicted octanol–water partition coefficient (Wildman–Crippen LogP) is 4.22. The Labute approximate surface area is 141 Å². The zero-order valence-corrected chi connectivity index (χ0v) is 13.1. The number of aliphatic imine (C=N–C) groups is 1. The van der Waals surface area contributed by atoms with Crippen molar-refractivity contribution in [2.24, 2.45) is 4.99 Å². The summed E-state index contributed by atoms with van der Waals surface area (Å²) in [6.07, 6.45) is 0. The van der Waals surface area contributed by atoms with Crippen molar-refractivity contribution >= 4 is 5.84 Å². The molecule has 0 fully saturated rings. The average molecular weight is 314 g/mol. The third kappa shape index (κ3) is 2.76. The molecule has 3 nitrogen and oxygen atoms in total. The molecule has 3 aromatic rings. The van der Waals surface area contributed by atoms with Crippen molar-refractivity contribution in [2.45, 2.75) is 12.1 Å². The first-order valence-corrected chi connectivity index (χ1v) is 8.05. The van der Waals surface area contributed by atoms with E-state index in [1.807, 2.05) is 36.4 Å². The van der Waals surface area contributed by atoms with Gasteiger partial charge in [-0.05, 0) is 35.4 Å². The minimum absolute atomic E-state index is 0.0254. The van der Waals surface area contributed by atoms with Crippen molar-refractivity contribution in [3.8, 4) is 5.75 Å². The molecule has 0 radical (unpaired) electrons. The van der Waals surface area contributed by atoms with Crippen LogP contribution in [0.1, 0.15) is 28.8 Å². The number of nitrogens with one attached hydrogen (secondary N) is 1. The SMILES string of the molecule is Oc1ccc(C2=N[C@H](c3ccccc3)[C@H](c3ccccc3)N2)cc1. The highest BCUT2D eigenvalue weighted by atomic mass is 16.3. The second-order valence-electron chi connectivity index (χ2n) is 5.91. The Hall–Kier alpha value is -3.07. The van der Waals surface area contributed by atoms with Crippen LogP contribution in [0.4, 0.5) is 0 Å². The van der Waals surface area contributed by atoms with Gasteiger partial charge in [-0.1, -0.05) is 60.7 Å². The number of phenolic OH excluding ortho intramolecular Hbond substituents is 1. The van der Waals surface area contributed by atoms with Gasteiger partial charge in [0.25, 0.3) is 0 Å². The smallest absolute Gasteiger partial charge is 0.129 e. The number of nitrogens with zero attached hydrogens (tertiary/aromatic N) is 1. The van der Waals surface area contributed by atoms with Crippen LogP contribution in [0.15, 0.2) is 89.9 Å². The quantitative estimate of drug-likeness (QED) is 0.760. The molecule has 3 aromatic carbocycles. The van der Waals surface area contributed by atoms with Gasteiger partial charge in [-0.2, -0.15) is 0 Å². The number of phenols is 1. The zero-order valence-electron chi connectivity index (χ0n) is 13.1. The van der Waals surface area contributed by atoms with Crippen molar-refractivity contribution in [2.75, 3.05) is 0 Å². The molecule has 2 atom stereocenters. The summed E-state index contributed by atoms with van der Waals surface area (Å²) in [6.45, 7) is 0. The molecular formula is C21H18N2O. The van der Waals surface area contributed by atoms with Gasteiger partial charge >= 0.3 is 0 Å². The molecule has 24 heavy (non-hydrogen) atoms. The van der Waals surface area contributed by atoms with Gasteiger partial charge in [0, 0.05) is 5.56 Å². The van der Waals surface area contributed by atoms with Crippen LogP contribution in [0.5, 0.6) is 5.75 Å². The molecule has 0 spiro atoms. The molecule has 4 rings (SSSR count). The van der Waals surface area contributed by atoms with Crippen LogP contribution in [0.25, 0.3) is 0 Å². The van der Waals surface area contributed by atoms with Crippen molar-refractivity contribution in [1.29, 1.82) is 0 Å². The molecule has 118 valence electrons. The molecule has 0 saturated carbocycles. The van der Waals surface area contributed by atoms with E-state index in [0.717, 1.165) is 11.4 Å². The van der Waals surface area contributed by atoms with E-state index in [2.05, 4.69) is 41.7 Å². The zero-order chi connectivity index (χ0) is 16.4. The van der Waals surface area contributed by atoms with Crippen molar-refractivity contribution < 1.29 is 5.11 Å². The molecule has 2 N–H and O–H groups in total. The predicted molar refractivity (Wildman–Crippen MR) is 96.1 cm³/mol. The van der Waals surface area contributed by atoms with E-state index in [0.29, 0.717) is 0 Å². The van der Waals surface area contributed by atoms with E-state index in [1.165, 1.54) is 11.1 Å². The third-order valence-electron chi connectivity index (χ3n) is 4.32. The first kappa shape index (κ1) is 14.5. The molecule has 0 saturated heterocycles. The number of amidine groups is 1. The number of rotatable bonds is 3.